The highest BCUT2D eigenvalue weighted by Gasteiger charge is 2.31. The van der Waals surface area contributed by atoms with Crippen molar-refractivity contribution in [3.63, 3.8) is 0 Å². The highest BCUT2D eigenvalue weighted by atomic mass is 19.1. The summed E-state index contributed by atoms with van der Waals surface area (Å²) in [6, 6.07) is 5.10. The number of carbonyl (C=O) groups excluding carboxylic acids is 4. The van der Waals surface area contributed by atoms with Crippen LogP contribution in [0.25, 0.3) is 0 Å². The lowest BCUT2D eigenvalue weighted by Gasteiger charge is -2.28. The van der Waals surface area contributed by atoms with Crippen LogP contribution in [0.1, 0.15) is 83.6 Å². The molecule has 0 radical (unpaired) electrons. The number of hydrogen-bond donors (Lipinski definition) is 5. The molecule has 0 spiro atoms. The van der Waals surface area contributed by atoms with Gasteiger partial charge in [-0.15, -0.1) is 0 Å². The standard InChI is InChI=1S/C31H42F2N4O6/c1-5-7-37(8-6-2)31(43)22-13-20(29(34)41)12-21(14-22)30(42)36-25(11-19-9-23(32)15-24(33)10-19)28(40)26(38)16-27(39)35-17-18(3)4/h9-10,12-15,18,25-26,28,38,40H,5-8,11,16-17H2,1-4H3,(H2,34,41)(H,35,39)(H,36,42). The number of nitrogens with zero attached hydrogens (tertiary/aromatic N) is 1. The van der Waals surface area contributed by atoms with E-state index in [2.05, 4.69) is 10.6 Å². The summed E-state index contributed by atoms with van der Waals surface area (Å²) in [6.45, 7) is 8.83. The van der Waals surface area contributed by atoms with Crippen LogP contribution in [-0.4, -0.2) is 76.6 Å². The molecule has 0 bridgehead atoms. The molecule has 4 amide bonds. The zero-order chi connectivity index (χ0) is 32.3. The number of halogens is 2. The van der Waals surface area contributed by atoms with Crippen LogP contribution in [-0.2, 0) is 11.2 Å². The van der Waals surface area contributed by atoms with Crippen molar-refractivity contribution in [1.29, 1.82) is 0 Å². The smallest absolute Gasteiger partial charge is 0.253 e. The van der Waals surface area contributed by atoms with Crippen molar-refractivity contribution in [1.82, 2.24) is 15.5 Å². The molecule has 0 saturated carbocycles. The second-order valence-corrected chi connectivity index (χ2v) is 11.0. The van der Waals surface area contributed by atoms with Gasteiger partial charge < -0.3 is 31.5 Å². The van der Waals surface area contributed by atoms with Gasteiger partial charge in [-0.05, 0) is 61.1 Å². The van der Waals surface area contributed by atoms with Gasteiger partial charge in [0.2, 0.25) is 11.8 Å². The Bertz CT molecular complexity index is 1260. The van der Waals surface area contributed by atoms with Crippen LogP contribution >= 0.6 is 0 Å². The Morgan fingerprint density at radius 1 is 0.884 bits per heavy atom. The first kappa shape index (κ1) is 35.3. The van der Waals surface area contributed by atoms with Crippen LogP contribution in [0.3, 0.4) is 0 Å². The molecular weight excluding hydrogens is 562 g/mol. The summed E-state index contributed by atoms with van der Waals surface area (Å²) >= 11 is 0. The summed E-state index contributed by atoms with van der Waals surface area (Å²) in [4.78, 5) is 52.7. The van der Waals surface area contributed by atoms with Crippen molar-refractivity contribution < 1.29 is 38.2 Å². The molecule has 2 aromatic carbocycles. The average molecular weight is 605 g/mol. The summed E-state index contributed by atoms with van der Waals surface area (Å²) in [7, 11) is 0. The quantitative estimate of drug-likeness (QED) is 0.198. The van der Waals surface area contributed by atoms with Gasteiger partial charge in [0.25, 0.3) is 11.8 Å². The molecule has 2 aromatic rings. The van der Waals surface area contributed by atoms with Crippen molar-refractivity contribution in [2.45, 2.75) is 71.6 Å². The average Bonchev–Trinajstić information content (AvgIpc) is 2.93. The van der Waals surface area contributed by atoms with Gasteiger partial charge in [-0.2, -0.15) is 0 Å². The first-order valence-corrected chi connectivity index (χ1v) is 14.4. The van der Waals surface area contributed by atoms with Crippen LogP contribution in [0.4, 0.5) is 8.78 Å². The molecule has 43 heavy (non-hydrogen) atoms. The highest BCUT2D eigenvalue weighted by Crippen LogP contribution is 2.18. The summed E-state index contributed by atoms with van der Waals surface area (Å²) in [6.07, 6.45) is -2.85. The molecule has 0 saturated heterocycles. The van der Waals surface area contributed by atoms with E-state index in [4.69, 9.17) is 5.73 Å². The van der Waals surface area contributed by atoms with Gasteiger partial charge in [-0.3, -0.25) is 19.2 Å². The van der Waals surface area contributed by atoms with Gasteiger partial charge in [-0.1, -0.05) is 27.7 Å². The van der Waals surface area contributed by atoms with Crippen LogP contribution in [0.5, 0.6) is 0 Å². The van der Waals surface area contributed by atoms with Crippen molar-refractivity contribution in [3.8, 4) is 0 Å². The molecule has 0 fully saturated rings. The fourth-order valence-electron chi connectivity index (χ4n) is 4.52. The van der Waals surface area contributed by atoms with E-state index in [1.807, 2.05) is 27.7 Å². The van der Waals surface area contributed by atoms with Gasteiger partial charge in [-0.25, -0.2) is 8.78 Å². The summed E-state index contributed by atoms with van der Waals surface area (Å²) in [5.74, 6) is -4.31. The van der Waals surface area contributed by atoms with Crippen LogP contribution in [0.15, 0.2) is 36.4 Å². The fraction of sp³-hybridized carbons (Fsp3) is 0.484. The van der Waals surface area contributed by atoms with Crippen molar-refractivity contribution in [3.05, 3.63) is 70.3 Å². The largest absolute Gasteiger partial charge is 0.390 e. The van der Waals surface area contributed by atoms with Gasteiger partial charge in [0.15, 0.2) is 0 Å². The maximum atomic E-state index is 13.9. The molecule has 3 atom stereocenters. The number of benzene rings is 2. The molecule has 0 aromatic heterocycles. The molecule has 236 valence electrons. The molecule has 0 aliphatic heterocycles. The lowest BCUT2D eigenvalue weighted by Crippen LogP contribution is -2.51. The first-order chi connectivity index (χ1) is 20.2. The summed E-state index contributed by atoms with van der Waals surface area (Å²) in [5.41, 5.74) is 5.35. The second-order valence-electron chi connectivity index (χ2n) is 11.0. The number of amides is 4. The zero-order valence-corrected chi connectivity index (χ0v) is 25.0. The number of rotatable bonds is 16. The molecule has 0 heterocycles. The van der Waals surface area contributed by atoms with Crippen LogP contribution in [0.2, 0.25) is 0 Å². The first-order valence-electron chi connectivity index (χ1n) is 14.4. The topological polar surface area (TPSA) is 162 Å². The summed E-state index contributed by atoms with van der Waals surface area (Å²) < 4.78 is 27.9. The zero-order valence-electron chi connectivity index (χ0n) is 25.0. The third-order valence-electron chi connectivity index (χ3n) is 6.60. The monoisotopic (exact) mass is 604 g/mol. The number of hydrogen-bond acceptors (Lipinski definition) is 6. The molecular formula is C31H42F2N4O6. The lowest BCUT2D eigenvalue weighted by atomic mass is 9.95. The molecule has 6 N–H and O–H groups in total. The Morgan fingerprint density at radius 3 is 1.98 bits per heavy atom. The molecule has 2 rings (SSSR count). The Hall–Kier alpha value is -3.90. The Balaban J connectivity index is 2.43. The summed E-state index contributed by atoms with van der Waals surface area (Å²) in [5, 5.41) is 26.8. The predicted molar refractivity (Wildman–Crippen MR) is 157 cm³/mol. The third kappa shape index (κ3) is 11.0. The minimum Gasteiger partial charge on any atom is -0.390 e. The van der Waals surface area contributed by atoms with Crippen molar-refractivity contribution in [2.24, 2.45) is 11.7 Å². The van der Waals surface area contributed by atoms with E-state index >= 15 is 0 Å². The number of primary amides is 1. The van der Waals surface area contributed by atoms with E-state index in [-0.39, 0.29) is 34.6 Å². The molecule has 3 unspecified atom stereocenters. The number of aliphatic hydroxyl groups excluding tert-OH is 2. The number of nitrogens with two attached hydrogens (primary N) is 1. The van der Waals surface area contributed by atoms with Crippen LogP contribution in [0, 0.1) is 17.6 Å². The Labute approximate surface area is 250 Å². The van der Waals surface area contributed by atoms with Gasteiger partial charge >= 0.3 is 0 Å². The second kappa shape index (κ2) is 16.7. The minimum atomic E-state index is -1.75. The molecule has 12 heteroatoms. The van der Waals surface area contributed by atoms with Crippen LogP contribution < -0.4 is 16.4 Å². The normalized spacial score (nSPS) is 13.2. The SMILES string of the molecule is CCCN(CCC)C(=O)c1cc(C(N)=O)cc(C(=O)NC(Cc2cc(F)cc(F)c2)C(O)C(O)CC(=O)NCC(C)C)c1. The maximum absolute atomic E-state index is 13.9. The number of carbonyl (C=O) groups is 4. The Morgan fingerprint density at radius 2 is 1.44 bits per heavy atom. The van der Waals surface area contributed by atoms with Gasteiger partial charge in [0.1, 0.15) is 17.7 Å². The maximum Gasteiger partial charge on any atom is 0.253 e. The lowest BCUT2D eigenvalue weighted by molar-refractivity contribution is -0.125. The predicted octanol–water partition coefficient (Wildman–Crippen LogP) is 2.55. The Kier molecular flexibility index (Phi) is 13.7. The van der Waals surface area contributed by atoms with E-state index in [9.17, 15) is 38.2 Å². The van der Waals surface area contributed by atoms with Crippen molar-refractivity contribution in [2.75, 3.05) is 19.6 Å². The molecule has 10 nitrogen and oxygen atoms in total. The van der Waals surface area contributed by atoms with E-state index in [1.165, 1.54) is 18.2 Å². The fourth-order valence-corrected chi connectivity index (χ4v) is 4.52. The molecule has 0 aliphatic carbocycles. The van der Waals surface area contributed by atoms with Gasteiger partial charge in [0, 0.05) is 42.4 Å². The van der Waals surface area contributed by atoms with E-state index < -0.39 is 59.9 Å². The molecule has 0 aliphatic rings. The van der Waals surface area contributed by atoms with E-state index in [0.29, 0.717) is 38.5 Å². The number of nitrogens with one attached hydrogen (secondary N) is 2. The number of aliphatic hydroxyl groups is 2. The van der Waals surface area contributed by atoms with Crippen molar-refractivity contribution >= 4 is 23.6 Å². The highest BCUT2D eigenvalue weighted by molar-refractivity contribution is 6.04. The minimum absolute atomic E-state index is 0.0505. The van der Waals surface area contributed by atoms with Gasteiger partial charge in [0.05, 0.1) is 18.6 Å². The van der Waals surface area contributed by atoms with E-state index in [1.54, 1.807) is 4.90 Å². The third-order valence-corrected chi connectivity index (χ3v) is 6.60. The van der Waals surface area contributed by atoms with E-state index in [0.717, 1.165) is 12.1 Å².